The van der Waals surface area contributed by atoms with Crippen LogP contribution in [-0.4, -0.2) is 28.0 Å². The summed E-state index contributed by atoms with van der Waals surface area (Å²) in [5.41, 5.74) is 5.86. The van der Waals surface area contributed by atoms with Gasteiger partial charge in [-0.2, -0.15) is 5.10 Å². The molecule has 0 bridgehead atoms. The minimum Gasteiger partial charge on any atom is -0.486 e. The van der Waals surface area contributed by atoms with E-state index in [1.54, 1.807) is 4.68 Å². The maximum Gasteiger partial charge on any atom is 0.254 e. The van der Waals surface area contributed by atoms with Gasteiger partial charge in [0.25, 0.3) is 5.56 Å². The molecule has 7 heteroatoms. The van der Waals surface area contributed by atoms with E-state index >= 15 is 0 Å². The second-order valence-corrected chi connectivity index (χ2v) is 8.56. The van der Waals surface area contributed by atoms with E-state index < -0.39 is 0 Å². The van der Waals surface area contributed by atoms with Gasteiger partial charge in [-0.25, -0.2) is 4.68 Å². The van der Waals surface area contributed by atoms with Gasteiger partial charge in [0.1, 0.15) is 24.6 Å². The summed E-state index contributed by atoms with van der Waals surface area (Å²) in [7, 11) is 0. The quantitative estimate of drug-likeness (QED) is 0.379. The zero-order valence-corrected chi connectivity index (χ0v) is 19.2. The fourth-order valence-corrected chi connectivity index (χ4v) is 4.28. The molecule has 1 aliphatic heterocycles. The summed E-state index contributed by atoms with van der Waals surface area (Å²) in [6.45, 7) is 3.49. The van der Waals surface area contributed by atoms with Crippen LogP contribution in [0.15, 0.2) is 83.7 Å². The summed E-state index contributed by atoms with van der Waals surface area (Å²) in [6.07, 6.45) is 0. The molecular formula is C28H24N4O3. The number of aromatic nitrogens is 3. The molecule has 0 saturated heterocycles. The van der Waals surface area contributed by atoms with Crippen LogP contribution < -0.4 is 20.3 Å². The van der Waals surface area contributed by atoms with Crippen LogP contribution in [0, 0.1) is 6.92 Å². The van der Waals surface area contributed by atoms with Gasteiger partial charge in [-0.1, -0.05) is 48.0 Å². The van der Waals surface area contributed by atoms with Crippen LogP contribution in [0.5, 0.6) is 11.5 Å². The fourth-order valence-electron chi connectivity index (χ4n) is 4.28. The van der Waals surface area contributed by atoms with Crippen molar-refractivity contribution in [3.8, 4) is 28.4 Å². The Balaban J connectivity index is 1.41. The van der Waals surface area contributed by atoms with Gasteiger partial charge < -0.3 is 19.8 Å². The molecule has 0 fully saturated rings. The summed E-state index contributed by atoms with van der Waals surface area (Å²) < 4.78 is 13.1. The van der Waals surface area contributed by atoms with Crippen molar-refractivity contribution in [1.29, 1.82) is 0 Å². The van der Waals surface area contributed by atoms with Crippen molar-refractivity contribution in [3.63, 3.8) is 0 Å². The third kappa shape index (κ3) is 4.01. The third-order valence-corrected chi connectivity index (χ3v) is 6.12. The molecule has 0 spiro atoms. The van der Waals surface area contributed by atoms with Crippen molar-refractivity contribution in [2.75, 3.05) is 18.5 Å². The van der Waals surface area contributed by atoms with E-state index in [0.29, 0.717) is 36.7 Å². The number of nitrogens with one attached hydrogen (secondary N) is 2. The van der Waals surface area contributed by atoms with Gasteiger partial charge in [0.05, 0.1) is 5.69 Å². The first-order valence-electron chi connectivity index (χ1n) is 11.6. The SMILES string of the molecule is Cc1ccc(-c2nn(-c3ccccc3)c3[nH]c(=O)c(CNc4ccc5c(c4)OCCO5)cc23)cc1. The fraction of sp³-hybridized carbons (Fsp3) is 0.143. The monoisotopic (exact) mass is 464 g/mol. The summed E-state index contributed by atoms with van der Waals surface area (Å²) in [5, 5.41) is 9.13. The normalized spacial score (nSPS) is 12.6. The standard InChI is InChI=1S/C28H24N4O3/c1-18-7-9-19(10-8-18)26-23-15-20(17-29-21-11-12-24-25(16-21)35-14-13-34-24)28(33)30-27(23)32(31-26)22-5-3-2-4-6-22/h2-12,15-16,29H,13-14,17H2,1H3,(H,30,33). The highest BCUT2D eigenvalue weighted by Gasteiger charge is 2.17. The van der Waals surface area contributed by atoms with E-state index in [0.717, 1.165) is 33.8 Å². The number of benzene rings is 3. The minimum absolute atomic E-state index is 0.157. The Kier molecular flexibility index (Phi) is 5.22. The Morgan fingerprint density at radius 3 is 2.51 bits per heavy atom. The maximum absolute atomic E-state index is 13.1. The minimum atomic E-state index is -0.157. The van der Waals surface area contributed by atoms with Gasteiger partial charge in [-0.3, -0.25) is 4.79 Å². The molecule has 0 radical (unpaired) electrons. The lowest BCUT2D eigenvalue weighted by Crippen LogP contribution is -2.17. The molecule has 3 heterocycles. The first-order chi connectivity index (χ1) is 17.2. The number of nitrogens with zero attached hydrogens (tertiary/aromatic N) is 2. The topological polar surface area (TPSA) is 81.2 Å². The number of aryl methyl sites for hydroxylation is 1. The van der Waals surface area contributed by atoms with Gasteiger partial charge >= 0.3 is 0 Å². The molecular weight excluding hydrogens is 440 g/mol. The average Bonchev–Trinajstić information content (AvgIpc) is 3.26. The van der Waals surface area contributed by atoms with Crippen LogP contribution >= 0.6 is 0 Å². The lowest BCUT2D eigenvalue weighted by atomic mass is 10.1. The second-order valence-electron chi connectivity index (χ2n) is 8.56. The average molecular weight is 465 g/mol. The van der Waals surface area contributed by atoms with E-state index in [2.05, 4.69) is 41.5 Å². The van der Waals surface area contributed by atoms with Crippen molar-refractivity contribution >= 4 is 16.7 Å². The second kappa shape index (κ2) is 8.68. The molecule has 174 valence electrons. The Labute approximate surface area is 202 Å². The molecule has 0 unspecified atom stereocenters. The number of hydrogen-bond donors (Lipinski definition) is 2. The predicted octanol–water partition coefficient (Wildman–Crippen LogP) is 5.07. The van der Waals surface area contributed by atoms with Crippen molar-refractivity contribution in [3.05, 3.63) is 100 Å². The highest BCUT2D eigenvalue weighted by Crippen LogP contribution is 2.33. The predicted molar refractivity (Wildman–Crippen MR) is 137 cm³/mol. The Morgan fingerprint density at radius 2 is 1.71 bits per heavy atom. The molecule has 0 aliphatic carbocycles. The number of para-hydroxylation sites is 1. The lowest BCUT2D eigenvalue weighted by Gasteiger charge is -2.19. The van der Waals surface area contributed by atoms with E-state index in [-0.39, 0.29) is 5.56 Å². The number of hydrogen-bond acceptors (Lipinski definition) is 5. The van der Waals surface area contributed by atoms with Crippen molar-refractivity contribution in [2.24, 2.45) is 0 Å². The third-order valence-electron chi connectivity index (χ3n) is 6.12. The molecule has 2 N–H and O–H groups in total. The number of fused-ring (bicyclic) bond motifs is 2. The molecule has 1 aliphatic rings. The maximum atomic E-state index is 13.1. The number of ether oxygens (including phenoxy) is 2. The van der Waals surface area contributed by atoms with Crippen LogP contribution in [0.25, 0.3) is 28.0 Å². The number of anilines is 1. The molecule has 7 nitrogen and oxygen atoms in total. The van der Waals surface area contributed by atoms with E-state index in [4.69, 9.17) is 14.6 Å². The van der Waals surface area contributed by atoms with Gasteiger partial charge in [-0.15, -0.1) is 0 Å². The number of aromatic amines is 1. The summed E-state index contributed by atoms with van der Waals surface area (Å²) >= 11 is 0. The van der Waals surface area contributed by atoms with Gasteiger partial charge in [-0.05, 0) is 37.3 Å². The lowest BCUT2D eigenvalue weighted by molar-refractivity contribution is 0.171. The highest BCUT2D eigenvalue weighted by atomic mass is 16.6. The van der Waals surface area contributed by atoms with Crippen molar-refractivity contribution in [1.82, 2.24) is 14.8 Å². The summed E-state index contributed by atoms with van der Waals surface area (Å²) in [4.78, 5) is 16.2. The number of pyridine rings is 1. The van der Waals surface area contributed by atoms with Crippen LogP contribution in [0.3, 0.4) is 0 Å². The molecule has 3 aromatic carbocycles. The van der Waals surface area contributed by atoms with Crippen molar-refractivity contribution < 1.29 is 9.47 Å². The van der Waals surface area contributed by atoms with Gasteiger partial charge in [0, 0.05) is 34.8 Å². The molecule has 35 heavy (non-hydrogen) atoms. The van der Waals surface area contributed by atoms with Crippen LogP contribution in [0.2, 0.25) is 0 Å². The van der Waals surface area contributed by atoms with Crippen molar-refractivity contribution in [2.45, 2.75) is 13.5 Å². The Hall–Kier alpha value is -4.52. The first kappa shape index (κ1) is 21.0. The Bertz CT molecular complexity index is 1570. The molecule has 0 amide bonds. The van der Waals surface area contributed by atoms with Gasteiger partial charge in [0.15, 0.2) is 11.5 Å². The zero-order valence-electron chi connectivity index (χ0n) is 19.2. The zero-order chi connectivity index (χ0) is 23.8. The van der Waals surface area contributed by atoms with E-state index in [9.17, 15) is 4.79 Å². The van der Waals surface area contributed by atoms with E-state index in [1.165, 1.54) is 5.56 Å². The highest BCUT2D eigenvalue weighted by molar-refractivity contribution is 5.92. The summed E-state index contributed by atoms with van der Waals surface area (Å²) in [5.74, 6) is 1.44. The first-order valence-corrected chi connectivity index (χ1v) is 11.6. The number of H-pyrrole nitrogens is 1. The van der Waals surface area contributed by atoms with Crippen LogP contribution in [0.1, 0.15) is 11.1 Å². The van der Waals surface area contributed by atoms with Gasteiger partial charge in [0.2, 0.25) is 0 Å². The van der Waals surface area contributed by atoms with Crippen LogP contribution in [-0.2, 0) is 6.54 Å². The Morgan fingerprint density at radius 1 is 0.943 bits per heavy atom. The molecule has 0 saturated carbocycles. The molecule has 2 aromatic heterocycles. The molecule has 5 aromatic rings. The smallest absolute Gasteiger partial charge is 0.254 e. The molecule has 6 rings (SSSR count). The summed E-state index contributed by atoms with van der Waals surface area (Å²) in [6, 6.07) is 25.7. The van der Waals surface area contributed by atoms with Crippen LogP contribution in [0.4, 0.5) is 5.69 Å². The largest absolute Gasteiger partial charge is 0.486 e. The number of rotatable bonds is 5. The van der Waals surface area contributed by atoms with E-state index in [1.807, 2.05) is 54.6 Å². The molecule has 0 atom stereocenters.